The van der Waals surface area contributed by atoms with E-state index in [0.29, 0.717) is 6.04 Å². The summed E-state index contributed by atoms with van der Waals surface area (Å²) in [6.45, 7) is 7.34. The second-order valence-corrected chi connectivity index (χ2v) is 3.31. The average Bonchev–Trinajstić information content (AvgIpc) is 2.89. The molecule has 72 valence electrons. The predicted octanol–water partition coefficient (Wildman–Crippen LogP) is 1.77. The molecule has 13 heavy (non-hydrogen) atoms. The van der Waals surface area contributed by atoms with Crippen molar-refractivity contribution < 1.29 is 4.42 Å². The molecule has 1 saturated heterocycles. The van der Waals surface area contributed by atoms with Crippen molar-refractivity contribution in [2.75, 3.05) is 24.5 Å². The van der Waals surface area contributed by atoms with Crippen molar-refractivity contribution in [3.63, 3.8) is 0 Å². The van der Waals surface area contributed by atoms with Gasteiger partial charge in [-0.2, -0.15) is 0 Å². The van der Waals surface area contributed by atoms with Crippen LogP contribution in [0.4, 0.5) is 5.88 Å². The lowest BCUT2D eigenvalue weighted by Crippen LogP contribution is -2.20. The first kappa shape index (κ1) is 8.63. The van der Waals surface area contributed by atoms with Gasteiger partial charge in [-0.05, 0) is 19.9 Å². The van der Waals surface area contributed by atoms with Gasteiger partial charge in [0.15, 0.2) is 5.88 Å². The zero-order chi connectivity index (χ0) is 9.26. The van der Waals surface area contributed by atoms with Crippen LogP contribution in [0.1, 0.15) is 25.6 Å². The Balaban J connectivity index is 2.10. The molecular formula is C10H16N2O. The van der Waals surface area contributed by atoms with Crippen molar-refractivity contribution >= 4 is 5.88 Å². The molecule has 3 heteroatoms. The van der Waals surface area contributed by atoms with Gasteiger partial charge in [0.1, 0.15) is 5.76 Å². The van der Waals surface area contributed by atoms with Gasteiger partial charge in [0.05, 0.1) is 6.04 Å². The lowest BCUT2D eigenvalue weighted by atomic mass is 10.3. The van der Waals surface area contributed by atoms with Crippen LogP contribution in [0.3, 0.4) is 0 Å². The van der Waals surface area contributed by atoms with Crippen LogP contribution in [0.15, 0.2) is 16.5 Å². The molecule has 2 rings (SSSR count). The van der Waals surface area contributed by atoms with Gasteiger partial charge in [-0.15, -0.1) is 0 Å². The van der Waals surface area contributed by atoms with Gasteiger partial charge >= 0.3 is 0 Å². The minimum Gasteiger partial charge on any atom is -0.444 e. The Morgan fingerprint density at radius 2 is 2.15 bits per heavy atom. The van der Waals surface area contributed by atoms with E-state index in [0.717, 1.165) is 31.3 Å². The van der Waals surface area contributed by atoms with Crippen LogP contribution in [-0.2, 0) is 0 Å². The van der Waals surface area contributed by atoms with Crippen LogP contribution in [-0.4, -0.2) is 19.6 Å². The third-order valence-electron chi connectivity index (χ3n) is 2.44. The highest BCUT2D eigenvalue weighted by atomic mass is 16.4. The second kappa shape index (κ2) is 3.42. The smallest absolute Gasteiger partial charge is 0.195 e. The molecule has 1 aromatic heterocycles. The molecule has 1 atom stereocenters. The maximum atomic E-state index is 5.71. The van der Waals surface area contributed by atoms with E-state index in [4.69, 9.17) is 4.42 Å². The maximum absolute atomic E-state index is 5.71. The van der Waals surface area contributed by atoms with Crippen molar-refractivity contribution in [3.8, 4) is 0 Å². The van der Waals surface area contributed by atoms with E-state index in [1.54, 1.807) is 0 Å². The maximum Gasteiger partial charge on any atom is 0.195 e. The summed E-state index contributed by atoms with van der Waals surface area (Å²) >= 11 is 0. The van der Waals surface area contributed by atoms with E-state index >= 15 is 0 Å². The lowest BCUT2D eigenvalue weighted by molar-refractivity contribution is 0.501. The SMILES string of the molecule is CCN(CC)c1ccc([C@H]2CN2)o1. The fourth-order valence-corrected chi connectivity index (χ4v) is 1.49. The average molecular weight is 180 g/mol. The van der Waals surface area contributed by atoms with Crippen LogP contribution in [0.25, 0.3) is 0 Å². The molecule has 1 fully saturated rings. The molecule has 2 heterocycles. The number of nitrogens with zero attached hydrogens (tertiary/aromatic N) is 1. The van der Waals surface area contributed by atoms with Gasteiger partial charge in [0.2, 0.25) is 0 Å². The number of nitrogens with one attached hydrogen (secondary N) is 1. The van der Waals surface area contributed by atoms with Crippen molar-refractivity contribution in [1.82, 2.24) is 5.32 Å². The van der Waals surface area contributed by atoms with Crippen LogP contribution in [0, 0.1) is 0 Å². The first-order valence-corrected chi connectivity index (χ1v) is 4.93. The molecule has 1 aliphatic heterocycles. The van der Waals surface area contributed by atoms with E-state index < -0.39 is 0 Å². The summed E-state index contributed by atoms with van der Waals surface area (Å²) in [7, 11) is 0. The summed E-state index contributed by atoms with van der Waals surface area (Å²) in [5, 5.41) is 3.23. The molecule has 0 aromatic carbocycles. The third kappa shape index (κ3) is 1.70. The van der Waals surface area contributed by atoms with Crippen molar-refractivity contribution in [2.45, 2.75) is 19.9 Å². The number of anilines is 1. The van der Waals surface area contributed by atoms with Crippen molar-refractivity contribution in [1.29, 1.82) is 0 Å². The van der Waals surface area contributed by atoms with Gasteiger partial charge in [0, 0.05) is 25.7 Å². The van der Waals surface area contributed by atoms with E-state index in [-0.39, 0.29) is 0 Å². The summed E-state index contributed by atoms with van der Waals surface area (Å²) in [5.41, 5.74) is 0. The normalized spacial score (nSPS) is 20.3. The Labute approximate surface area is 78.7 Å². The minimum atomic E-state index is 0.476. The second-order valence-electron chi connectivity index (χ2n) is 3.31. The lowest BCUT2D eigenvalue weighted by Gasteiger charge is -2.16. The molecule has 0 unspecified atom stereocenters. The molecular weight excluding hydrogens is 164 g/mol. The van der Waals surface area contributed by atoms with E-state index in [1.807, 2.05) is 0 Å². The van der Waals surface area contributed by atoms with E-state index in [2.05, 4.69) is 36.2 Å². The quantitative estimate of drug-likeness (QED) is 0.718. The Morgan fingerprint density at radius 1 is 1.46 bits per heavy atom. The number of hydrogen-bond donors (Lipinski definition) is 1. The van der Waals surface area contributed by atoms with Crippen molar-refractivity contribution in [3.05, 3.63) is 17.9 Å². The summed E-state index contributed by atoms with van der Waals surface area (Å²) < 4.78 is 5.71. The third-order valence-corrected chi connectivity index (χ3v) is 2.44. The molecule has 0 amide bonds. The van der Waals surface area contributed by atoms with Crippen molar-refractivity contribution in [2.24, 2.45) is 0 Å². The fraction of sp³-hybridized carbons (Fsp3) is 0.600. The summed E-state index contributed by atoms with van der Waals surface area (Å²) in [5.74, 6) is 2.07. The summed E-state index contributed by atoms with van der Waals surface area (Å²) in [6.07, 6.45) is 0. The molecule has 1 N–H and O–H groups in total. The van der Waals surface area contributed by atoms with Crippen LogP contribution >= 0.6 is 0 Å². The summed E-state index contributed by atoms with van der Waals surface area (Å²) in [6, 6.07) is 4.60. The Morgan fingerprint density at radius 3 is 2.69 bits per heavy atom. The Kier molecular flexibility index (Phi) is 2.27. The number of rotatable bonds is 4. The molecule has 0 saturated carbocycles. The molecule has 0 bridgehead atoms. The molecule has 0 aliphatic carbocycles. The van der Waals surface area contributed by atoms with Gasteiger partial charge in [0.25, 0.3) is 0 Å². The largest absolute Gasteiger partial charge is 0.444 e. The Hall–Kier alpha value is -0.960. The molecule has 0 radical (unpaired) electrons. The highest BCUT2D eigenvalue weighted by Crippen LogP contribution is 2.27. The monoisotopic (exact) mass is 180 g/mol. The first-order valence-electron chi connectivity index (χ1n) is 4.93. The minimum absolute atomic E-state index is 0.476. The Bertz CT molecular complexity index is 274. The van der Waals surface area contributed by atoms with E-state index in [9.17, 15) is 0 Å². The predicted molar refractivity (Wildman–Crippen MR) is 53.0 cm³/mol. The van der Waals surface area contributed by atoms with E-state index in [1.165, 1.54) is 0 Å². The molecule has 0 spiro atoms. The highest BCUT2D eigenvalue weighted by molar-refractivity contribution is 5.37. The summed E-state index contributed by atoms with van der Waals surface area (Å²) in [4.78, 5) is 2.21. The molecule has 1 aliphatic rings. The number of hydrogen-bond acceptors (Lipinski definition) is 3. The topological polar surface area (TPSA) is 38.3 Å². The standard InChI is InChI=1S/C10H16N2O/c1-3-12(4-2)10-6-5-9(13-10)8-7-11-8/h5-6,8,11H,3-4,7H2,1-2H3/t8-/m1/s1. The van der Waals surface area contributed by atoms with Crippen LogP contribution < -0.4 is 10.2 Å². The van der Waals surface area contributed by atoms with Gasteiger partial charge in [-0.3, -0.25) is 0 Å². The molecule has 3 nitrogen and oxygen atoms in total. The zero-order valence-electron chi connectivity index (χ0n) is 8.21. The van der Waals surface area contributed by atoms with Gasteiger partial charge < -0.3 is 14.6 Å². The highest BCUT2D eigenvalue weighted by Gasteiger charge is 2.26. The number of furan rings is 1. The molecule has 1 aromatic rings. The zero-order valence-corrected chi connectivity index (χ0v) is 8.21. The van der Waals surface area contributed by atoms with Gasteiger partial charge in [-0.25, -0.2) is 0 Å². The van der Waals surface area contributed by atoms with Crippen LogP contribution in [0.2, 0.25) is 0 Å². The van der Waals surface area contributed by atoms with Crippen LogP contribution in [0.5, 0.6) is 0 Å². The fourth-order valence-electron chi connectivity index (χ4n) is 1.49. The van der Waals surface area contributed by atoms with Gasteiger partial charge in [-0.1, -0.05) is 0 Å². The first-order chi connectivity index (χ1) is 6.35.